The number of hydrogen-bond donors (Lipinski definition) is 2. The quantitative estimate of drug-likeness (QED) is 0.739. The molecule has 0 atom stereocenters. The van der Waals surface area contributed by atoms with E-state index in [0.29, 0.717) is 13.0 Å². The molecule has 1 fully saturated rings. The van der Waals surface area contributed by atoms with Crippen molar-refractivity contribution >= 4 is 6.03 Å². The molecular formula is C11H22N2O2. The Labute approximate surface area is 91.6 Å². The van der Waals surface area contributed by atoms with Gasteiger partial charge in [-0.2, -0.15) is 0 Å². The number of nitrogens with zero attached hydrogens (tertiary/aromatic N) is 1. The Morgan fingerprint density at radius 2 is 2.00 bits per heavy atom. The van der Waals surface area contributed by atoms with E-state index >= 15 is 0 Å². The predicted molar refractivity (Wildman–Crippen MR) is 59.7 cm³/mol. The van der Waals surface area contributed by atoms with E-state index in [0.717, 1.165) is 25.9 Å². The number of nitrogens with one attached hydrogen (secondary N) is 1. The number of carbonyl (C=O) groups excluding carboxylic acids is 1. The van der Waals surface area contributed by atoms with Crippen LogP contribution in [0, 0.1) is 5.41 Å². The summed E-state index contributed by atoms with van der Waals surface area (Å²) in [4.78, 5) is 13.5. The van der Waals surface area contributed by atoms with Crippen molar-refractivity contribution in [2.24, 2.45) is 5.41 Å². The highest BCUT2D eigenvalue weighted by molar-refractivity contribution is 5.74. The molecule has 4 nitrogen and oxygen atoms in total. The molecular weight excluding hydrogens is 192 g/mol. The van der Waals surface area contributed by atoms with Gasteiger partial charge in [0.05, 0.1) is 0 Å². The Bertz CT molecular complexity index is 211. The normalized spacial score (nSPS) is 16.9. The number of urea groups is 1. The minimum Gasteiger partial charge on any atom is -0.396 e. The molecule has 1 aliphatic rings. The van der Waals surface area contributed by atoms with Crippen LogP contribution in [0.5, 0.6) is 0 Å². The molecule has 0 aromatic rings. The molecule has 2 N–H and O–H groups in total. The molecule has 0 aliphatic carbocycles. The standard InChI is InChI=1S/C11H22N2O2/c1-11(2,5-8-14)9-12-10(15)13-6-3-4-7-13/h14H,3-9H2,1-2H3,(H,12,15). The van der Waals surface area contributed by atoms with Crippen molar-refractivity contribution in [1.82, 2.24) is 10.2 Å². The predicted octanol–water partition coefficient (Wildman–Crippen LogP) is 1.20. The second kappa shape index (κ2) is 5.35. The van der Waals surface area contributed by atoms with Crippen LogP contribution in [0.3, 0.4) is 0 Å². The Hall–Kier alpha value is -0.770. The molecule has 0 aromatic carbocycles. The summed E-state index contributed by atoms with van der Waals surface area (Å²) >= 11 is 0. The Morgan fingerprint density at radius 1 is 1.40 bits per heavy atom. The highest BCUT2D eigenvalue weighted by atomic mass is 16.3. The zero-order chi connectivity index (χ0) is 11.3. The fourth-order valence-electron chi connectivity index (χ4n) is 1.74. The maximum atomic E-state index is 11.6. The maximum absolute atomic E-state index is 11.6. The van der Waals surface area contributed by atoms with Gasteiger partial charge in [0.2, 0.25) is 0 Å². The molecule has 1 heterocycles. The van der Waals surface area contributed by atoms with E-state index in [4.69, 9.17) is 5.11 Å². The van der Waals surface area contributed by atoms with Gasteiger partial charge in [-0.05, 0) is 24.7 Å². The molecule has 0 aromatic heterocycles. The summed E-state index contributed by atoms with van der Waals surface area (Å²) < 4.78 is 0. The summed E-state index contributed by atoms with van der Waals surface area (Å²) in [5, 5.41) is 11.8. The zero-order valence-electron chi connectivity index (χ0n) is 9.75. The van der Waals surface area contributed by atoms with Crippen molar-refractivity contribution in [3.8, 4) is 0 Å². The third kappa shape index (κ3) is 4.08. The number of aliphatic hydroxyl groups is 1. The summed E-state index contributed by atoms with van der Waals surface area (Å²) in [5.41, 5.74) is -0.0237. The van der Waals surface area contributed by atoms with Crippen LogP contribution >= 0.6 is 0 Å². The third-order valence-corrected chi connectivity index (χ3v) is 2.90. The maximum Gasteiger partial charge on any atom is 0.317 e. The SMILES string of the molecule is CC(C)(CCO)CNC(=O)N1CCCC1. The van der Waals surface area contributed by atoms with Crippen LogP contribution in [-0.2, 0) is 0 Å². The average molecular weight is 214 g/mol. The lowest BCUT2D eigenvalue weighted by Crippen LogP contribution is -2.42. The summed E-state index contributed by atoms with van der Waals surface area (Å²) in [6, 6.07) is 0.0403. The summed E-state index contributed by atoms with van der Waals surface area (Å²) in [6.07, 6.45) is 2.95. The monoisotopic (exact) mass is 214 g/mol. The van der Waals surface area contributed by atoms with E-state index in [2.05, 4.69) is 5.32 Å². The fraction of sp³-hybridized carbons (Fsp3) is 0.909. The molecule has 88 valence electrons. The molecule has 0 bridgehead atoms. The molecule has 0 radical (unpaired) electrons. The molecule has 0 unspecified atom stereocenters. The molecule has 4 heteroatoms. The van der Waals surface area contributed by atoms with Gasteiger partial charge in [-0.25, -0.2) is 4.79 Å². The van der Waals surface area contributed by atoms with Crippen LogP contribution < -0.4 is 5.32 Å². The van der Waals surface area contributed by atoms with Crippen molar-refractivity contribution in [3.63, 3.8) is 0 Å². The van der Waals surface area contributed by atoms with E-state index < -0.39 is 0 Å². The Balaban J connectivity index is 2.26. The lowest BCUT2D eigenvalue weighted by atomic mass is 9.90. The van der Waals surface area contributed by atoms with Gasteiger partial charge in [0.1, 0.15) is 0 Å². The Kier molecular flexibility index (Phi) is 4.39. The first-order chi connectivity index (χ1) is 7.05. The zero-order valence-corrected chi connectivity index (χ0v) is 9.75. The number of amides is 2. The van der Waals surface area contributed by atoms with Gasteiger partial charge < -0.3 is 15.3 Å². The molecule has 2 amide bonds. The fourth-order valence-corrected chi connectivity index (χ4v) is 1.74. The van der Waals surface area contributed by atoms with Gasteiger partial charge >= 0.3 is 6.03 Å². The second-order valence-corrected chi connectivity index (χ2v) is 4.99. The first-order valence-corrected chi connectivity index (χ1v) is 5.69. The summed E-state index contributed by atoms with van der Waals surface area (Å²) in [6.45, 7) is 6.66. The van der Waals surface area contributed by atoms with Crippen LogP contribution in [0.15, 0.2) is 0 Å². The smallest absolute Gasteiger partial charge is 0.317 e. The van der Waals surface area contributed by atoms with Crippen molar-refractivity contribution in [2.45, 2.75) is 33.1 Å². The highest BCUT2D eigenvalue weighted by Crippen LogP contribution is 2.18. The van der Waals surface area contributed by atoms with Crippen molar-refractivity contribution in [3.05, 3.63) is 0 Å². The topological polar surface area (TPSA) is 52.6 Å². The first-order valence-electron chi connectivity index (χ1n) is 5.69. The largest absolute Gasteiger partial charge is 0.396 e. The van der Waals surface area contributed by atoms with E-state index in [9.17, 15) is 4.79 Å². The van der Waals surface area contributed by atoms with Gasteiger partial charge in [-0.3, -0.25) is 0 Å². The molecule has 0 saturated carbocycles. The highest BCUT2D eigenvalue weighted by Gasteiger charge is 2.21. The van der Waals surface area contributed by atoms with Gasteiger partial charge in [-0.1, -0.05) is 13.8 Å². The molecule has 1 saturated heterocycles. The minimum atomic E-state index is -0.0237. The van der Waals surface area contributed by atoms with Gasteiger partial charge in [-0.15, -0.1) is 0 Å². The van der Waals surface area contributed by atoms with E-state index in [1.165, 1.54) is 0 Å². The third-order valence-electron chi connectivity index (χ3n) is 2.90. The van der Waals surface area contributed by atoms with Crippen LogP contribution in [0.4, 0.5) is 4.79 Å². The van der Waals surface area contributed by atoms with Gasteiger partial charge in [0, 0.05) is 26.2 Å². The van der Waals surface area contributed by atoms with Crippen LogP contribution in [0.25, 0.3) is 0 Å². The number of likely N-dealkylation sites (tertiary alicyclic amines) is 1. The van der Waals surface area contributed by atoms with Gasteiger partial charge in [0.15, 0.2) is 0 Å². The summed E-state index contributed by atoms with van der Waals surface area (Å²) in [5.74, 6) is 0. The van der Waals surface area contributed by atoms with Gasteiger partial charge in [0.25, 0.3) is 0 Å². The van der Waals surface area contributed by atoms with E-state index in [-0.39, 0.29) is 18.1 Å². The van der Waals surface area contributed by atoms with Crippen molar-refractivity contribution in [1.29, 1.82) is 0 Å². The van der Waals surface area contributed by atoms with Crippen molar-refractivity contribution in [2.75, 3.05) is 26.2 Å². The van der Waals surface area contributed by atoms with Crippen molar-refractivity contribution < 1.29 is 9.90 Å². The number of carbonyl (C=O) groups is 1. The van der Waals surface area contributed by atoms with E-state index in [1.54, 1.807) is 0 Å². The van der Waals surface area contributed by atoms with Crippen LogP contribution in [0.1, 0.15) is 33.1 Å². The Morgan fingerprint density at radius 3 is 2.53 bits per heavy atom. The summed E-state index contributed by atoms with van der Waals surface area (Å²) in [7, 11) is 0. The minimum absolute atomic E-state index is 0.0237. The average Bonchev–Trinajstić information content (AvgIpc) is 2.67. The lowest BCUT2D eigenvalue weighted by Gasteiger charge is -2.25. The number of rotatable bonds is 4. The lowest BCUT2D eigenvalue weighted by molar-refractivity contribution is 0.187. The second-order valence-electron chi connectivity index (χ2n) is 4.99. The molecule has 15 heavy (non-hydrogen) atoms. The van der Waals surface area contributed by atoms with E-state index in [1.807, 2.05) is 18.7 Å². The molecule has 1 rings (SSSR count). The number of hydrogen-bond acceptors (Lipinski definition) is 2. The molecule has 0 spiro atoms. The van der Waals surface area contributed by atoms with Crippen LogP contribution in [-0.4, -0.2) is 42.3 Å². The number of aliphatic hydroxyl groups excluding tert-OH is 1. The first kappa shape index (κ1) is 12.3. The van der Waals surface area contributed by atoms with Crippen LogP contribution in [0.2, 0.25) is 0 Å². The molecule has 1 aliphatic heterocycles.